The topological polar surface area (TPSA) is 522 Å². The lowest BCUT2D eigenvalue weighted by atomic mass is 10.2. The Labute approximate surface area is 739 Å². The number of thiophene rings is 3. The molecule has 0 aliphatic heterocycles. The van der Waals surface area contributed by atoms with Crippen molar-refractivity contribution in [3.63, 3.8) is 0 Å². The summed E-state index contributed by atoms with van der Waals surface area (Å²) in [6, 6.07) is 50.2. The number of hydrogen-bond acceptors (Lipinski definition) is 42. The molecule has 18 rings (SSSR count). The lowest BCUT2D eigenvalue weighted by Crippen LogP contribution is -1.88. The normalized spacial score (nSPS) is 11.3. The average Bonchev–Trinajstić information content (AvgIpc) is 1.71. The van der Waals surface area contributed by atoms with Crippen LogP contribution in [0.4, 0.5) is 72.2 Å². The number of aromatic nitrogens is 6. The van der Waals surface area contributed by atoms with Gasteiger partial charge >= 0.3 is 32.7 Å². The first-order valence-electron chi connectivity index (χ1n) is 35.5. The molecule has 0 amide bonds. The van der Waals surface area contributed by atoms with E-state index in [1.807, 2.05) is 76.2 Å². The molecule has 0 bridgehead atoms. The average molecular weight is 1870 g/mol. The van der Waals surface area contributed by atoms with Crippen LogP contribution >= 0.6 is 102 Å². The van der Waals surface area contributed by atoms with Gasteiger partial charge in [0.05, 0.1) is 146 Å². The molecule has 0 saturated heterocycles. The zero-order valence-corrected chi connectivity index (χ0v) is 71.7. The van der Waals surface area contributed by atoms with Crippen molar-refractivity contribution in [1.82, 2.24) is 29.9 Å². The van der Waals surface area contributed by atoms with Crippen LogP contribution in [0.3, 0.4) is 0 Å². The Morgan fingerprint density at radius 3 is 0.714 bits per heavy atom. The Bertz CT molecular complexity index is 6130. The van der Waals surface area contributed by atoms with Gasteiger partial charge in [-0.15, -0.1) is 0 Å². The summed E-state index contributed by atoms with van der Waals surface area (Å²) in [6.07, 6.45) is 8.60. The number of nitrogens with zero attached hydrogens (tertiary/aromatic N) is 18. The van der Waals surface area contributed by atoms with Crippen LogP contribution in [0.5, 0.6) is 0 Å². The minimum absolute atomic E-state index is 0.0620. The number of benzene rings is 6. The summed E-state index contributed by atoms with van der Waals surface area (Å²) < 4.78 is 46.7. The predicted octanol–water partition coefficient (Wildman–Crippen LogP) is 22.4. The number of nitro groups is 6. The van der Waals surface area contributed by atoms with Crippen LogP contribution in [0.25, 0.3) is 61.3 Å². The number of thiazole rings is 6. The molecule has 636 valence electrons. The van der Waals surface area contributed by atoms with E-state index in [2.05, 4.69) is 117 Å². The summed E-state index contributed by atoms with van der Waals surface area (Å²) in [5, 5.41) is 91.0. The van der Waals surface area contributed by atoms with Crippen LogP contribution in [0.2, 0.25) is 0 Å². The summed E-state index contributed by atoms with van der Waals surface area (Å²) in [5.41, 5.74) is 26.4. The van der Waals surface area contributed by atoms with Crippen molar-refractivity contribution in [1.29, 1.82) is 0 Å². The third-order valence-electron chi connectivity index (χ3n) is 15.7. The summed E-state index contributed by atoms with van der Waals surface area (Å²) in [4.78, 5) is 88.1. The van der Waals surface area contributed by atoms with Gasteiger partial charge in [0.1, 0.15) is 26.4 Å². The highest BCUT2D eigenvalue weighted by Gasteiger charge is 2.17. The highest BCUT2D eigenvalue weighted by atomic mass is 32.1. The summed E-state index contributed by atoms with van der Waals surface area (Å²) >= 11 is 11.7. The molecule has 6 aromatic carbocycles. The number of halogens is 2. The Kier molecular flexibility index (Phi) is 29.1. The maximum absolute atomic E-state index is 13.1. The Morgan fingerprint density at radius 1 is 0.278 bits per heavy atom. The highest BCUT2D eigenvalue weighted by molar-refractivity contribution is 7.24. The standard InChI is InChI=1S/2C13H10N4O3S.2C13H10N4O2S2.C12H7FN4O3S.C12H7FN4O2S2/c4*1-8-2-4-10-11(6-8)21-13(15-10)16-14-7-9-3-5-12(20-9)17(18)19;2*13-7-1-3-9-10(5-7)21-12(15-9)16-14-6-8-2-4-11(20-8)17(18)19/h4*2-7H,1H3,(H,15,16);2*1-6H,(H,15,16)/b4*14-7-;2*14-6-. The number of rotatable bonds is 24. The fraction of sp³-hybridized carbons (Fsp3) is 0.0526. The lowest BCUT2D eigenvalue weighted by Gasteiger charge is -1.90. The zero-order valence-electron chi connectivity index (χ0n) is 64.4. The summed E-state index contributed by atoms with van der Waals surface area (Å²) in [5.74, 6) is -0.791. The van der Waals surface area contributed by atoms with E-state index in [9.17, 15) is 69.5 Å². The van der Waals surface area contributed by atoms with E-state index in [-0.39, 0.29) is 50.1 Å². The zero-order chi connectivity index (χ0) is 88.9. The number of aryl methyl sites for hydroxylation is 4. The molecule has 126 heavy (non-hydrogen) atoms. The molecule has 0 spiro atoms. The molecule has 6 N–H and O–H groups in total. The first-order valence-corrected chi connectivity index (χ1v) is 42.9. The Hall–Kier alpha value is -15.3. The smallest absolute Gasteiger partial charge is 0.400 e. The minimum Gasteiger partial charge on any atom is -0.400 e. The molecule has 0 aliphatic carbocycles. The third kappa shape index (κ3) is 25.0. The summed E-state index contributed by atoms with van der Waals surface area (Å²) in [7, 11) is 0. The highest BCUT2D eigenvalue weighted by Crippen LogP contribution is 2.34. The maximum Gasteiger partial charge on any atom is 0.433 e. The monoisotopic (exact) mass is 1870 g/mol. The van der Waals surface area contributed by atoms with Crippen molar-refractivity contribution in [2.75, 3.05) is 32.6 Å². The van der Waals surface area contributed by atoms with Gasteiger partial charge in [-0.1, -0.05) is 126 Å². The third-order valence-corrected chi connectivity index (χ3v) is 24.2. The van der Waals surface area contributed by atoms with Crippen molar-refractivity contribution < 1.29 is 51.6 Å². The quantitative estimate of drug-likeness (QED) is 0.0186. The predicted molar refractivity (Wildman–Crippen MR) is 493 cm³/mol. The van der Waals surface area contributed by atoms with E-state index in [1.54, 1.807) is 42.8 Å². The first-order chi connectivity index (χ1) is 60.7. The van der Waals surface area contributed by atoms with Crippen LogP contribution in [-0.4, -0.2) is 96.7 Å². The van der Waals surface area contributed by atoms with E-state index in [0.29, 0.717) is 72.7 Å². The van der Waals surface area contributed by atoms with Gasteiger partial charge in [-0.25, -0.2) is 38.7 Å². The Balaban J connectivity index is 0.000000130. The molecular formula is C76H54F2N24O15S9. The van der Waals surface area contributed by atoms with Gasteiger partial charge in [0.2, 0.25) is 30.8 Å². The van der Waals surface area contributed by atoms with E-state index in [0.717, 1.165) is 79.6 Å². The number of furan rings is 3. The van der Waals surface area contributed by atoms with Gasteiger partial charge < -0.3 is 13.3 Å². The maximum atomic E-state index is 13.1. The Morgan fingerprint density at radius 2 is 0.500 bits per heavy atom. The van der Waals surface area contributed by atoms with Gasteiger partial charge in [-0.2, -0.15) is 30.6 Å². The van der Waals surface area contributed by atoms with Crippen molar-refractivity contribution >= 4 is 264 Å². The molecule has 0 aliphatic rings. The molecule has 12 heterocycles. The molecular weight excluding hydrogens is 1820 g/mol. The van der Waals surface area contributed by atoms with E-state index in [1.165, 1.54) is 194 Å². The number of nitrogens with one attached hydrogen (secondary N) is 6. The number of fused-ring (bicyclic) bond motifs is 6. The number of anilines is 6. The minimum atomic E-state index is -0.632. The van der Waals surface area contributed by atoms with Crippen LogP contribution in [-0.2, 0) is 0 Å². The van der Waals surface area contributed by atoms with Gasteiger partial charge in [0.15, 0.2) is 17.3 Å². The van der Waals surface area contributed by atoms with Crippen molar-refractivity contribution in [2.24, 2.45) is 30.6 Å². The second-order valence-corrected chi connectivity index (χ2v) is 34.5. The van der Waals surface area contributed by atoms with E-state index >= 15 is 0 Å². The molecule has 0 fully saturated rings. The van der Waals surface area contributed by atoms with Gasteiger partial charge in [0.25, 0.3) is 0 Å². The van der Waals surface area contributed by atoms with Crippen LogP contribution in [0.1, 0.15) is 54.2 Å². The lowest BCUT2D eigenvalue weighted by molar-refractivity contribution is -0.402. The second kappa shape index (κ2) is 41.5. The first kappa shape index (κ1) is 88.5. The molecule has 39 nitrogen and oxygen atoms in total. The van der Waals surface area contributed by atoms with Crippen molar-refractivity contribution in [3.05, 3.63) is 308 Å². The molecule has 0 radical (unpaired) electrons. The molecule has 0 saturated carbocycles. The van der Waals surface area contributed by atoms with Gasteiger partial charge in [-0.05, 0) is 171 Å². The van der Waals surface area contributed by atoms with Crippen molar-refractivity contribution in [3.8, 4) is 0 Å². The van der Waals surface area contributed by atoms with E-state index < -0.39 is 29.5 Å². The van der Waals surface area contributed by atoms with Crippen LogP contribution in [0, 0.1) is 100 Å². The van der Waals surface area contributed by atoms with Crippen molar-refractivity contribution in [2.45, 2.75) is 27.7 Å². The second-order valence-electron chi connectivity index (χ2n) is 25.0. The fourth-order valence-electron chi connectivity index (χ4n) is 10.2. The SMILES string of the molecule is Cc1ccc2nc(N/N=C\c3ccc([N+](=O)[O-])o3)sc2c1.Cc1ccc2nc(N/N=C\c3ccc([N+](=O)[O-])o3)sc2c1.Cc1ccc2nc(N/N=C\c3ccc([N+](=O)[O-])s3)sc2c1.Cc1ccc2nc(N/N=C\c3ccc([N+](=O)[O-])s3)sc2c1.O=[N+]([O-])c1ccc(/C=N\Nc2nc3ccc(F)cc3s2)o1.O=[N+]([O-])c1ccc(/C=N\Nc2nc3ccc(F)cc3s2)s1. The van der Waals surface area contributed by atoms with Gasteiger partial charge in [0, 0.05) is 18.2 Å². The summed E-state index contributed by atoms with van der Waals surface area (Å²) in [6.45, 7) is 8.12. The molecule has 12 aromatic heterocycles. The van der Waals surface area contributed by atoms with Crippen LogP contribution < -0.4 is 32.6 Å². The van der Waals surface area contributed by atoms with E-state index in [4.69, 9.17) is 13.3 Å². The van der Waals surface area contributed by atoms with Crippen LogP contribution in [0.15, 0.2) is 226 Å². The van der Waals surface area contributed by atoms with Gasteiger partial charge in [-0.3, -0.25) is 93.2 Å². The number of hydrogen-bond donors (Lipinski definition) is 6. The molecule has 0 unspecified atom stereocenters. The largest absolute Gasteiger partial charge is 0.433 e. The molecule has 50 heteroatoms. The molecule has 18 aromatic rings. The molecule has 0 atom stereocenters. The fourth-order valence-corrected chi connectivity index (χ4v) is 17.6. The number of hydrazone groups is 6.